The number of aromatic nitrogens is 5. The van der Waals surface area contributed by atoms with Crippen LogP contribution in [0, 0.1) is 0 Å². The maximum absolute atomic E-state index is 5.31. The predicted octanol–water partition coefficient (Wildman–Crippen LogP) is 3.86. The molecule has 0 saturated carbocycles. The van der Waals surface area contributed by atoms with Gasteiger partial charge < -0.3 is 4.52 Å². The van der Waals surface area contributed by atoms with Gasteiger partial charge in [0.15, 0.2) is 0 Å². The lowest BCUT2D eigenvalue weighted by Gasteiger charge is -2.00. The van der Waals surface area contributed by atoms with Crippen LogP contribution in [0.1, 0.15) is 12.3 Å². The second-order valence-corrected chi connectivity index (χ2v) is 7.00. The average Bonchev–Trinajstić information content (AvgIpc) is 3.29. The van der Waals surface area contributed by atoms with Crippen LogP contribution in [0.3, 0.4) is 0 Å². The number of thioether (sulfide) groups is 1. The highest BCUT2D eigenvalue weighted by atomic mass is 32.2. The van der Waals surface area contributed by atoms with Crippen LogP contribution in [-0.2, 0) is 6.42 Å². The van der Waals surface area contributed by atoms with Gasteiger partial charge in [-0.2, -0.15) is 4.98 Å². The molecule has 4 aromatic heterocycles. The lowest BCUT2D eigenvalue weighted by molar-refractivity contribution is 0.378. The lowest BCUT2D eigenvalue weighted by Crippen LogP contribution is -1.90. The minimum atomic E-state index is 0.607. The first-order valence-electron chi connectivity index (χ1n) is 7.44. The van der Waals surface area contributed by atoms with Crippen LogP contribution in [0.4, 0.5) is 0 Å². The summed E-state index contributed by atoms with van der Waals surface area (Å²) in [5.41, 5.74) is 0.912. The Morgan fingerprint density at radius 1 is 1.12 bits per heavy atom. The summed E-state index contributed by atoms with van der Waals surface area (Å²) in [6.45, 7) is 0. The van der Waals surface area contributed by atoms with Crippen LogP contribution in [0.2, 0.25) is 0 Å². The van der Waals surface area contributed by atoms with Crippen LogP contribution in [0.15, 0.2) is 51.8 Å². The van der Waals surface area contributed by atoms with E-state index in [9.17, 15) is 0 Å². The molecule has 0 N–H and O–H groups in total. The first-order chi connectivity index (χ1) is 11.9. The van der Waals surface area contributed by atoms with E-state index < -0.39 is 0 Å². The summed E-state index contributed by atoms with van der Waals surface area (Å²) in [5, 5.41) is 8.22. The van der Waals surface area contributed by atoms with E-state index in [1.54, 1.807) is 41.8 Å². The molecule has 0 fully saturated rings. The molecule has 0 amide bonds. The number of pyridine rings is 1. The molecule has 24 heavy (non-hydrogen) atoms. The molecule has 4 heterocycles. The molecule has 0 bridgehead atoms. The normalized spacial score (nSPS) is 11.2. The number of fused-ring (bicyclic) bond motifs is 1. The number of aryl methyl sites for hydroxylation is 1. The van der Waals surface area contributed by atoms with Crippen LogP contribution in [0.25, 0.3) is 21.6 Å². The summed E-state index contributed by atoms with van der Waals surface area (Å²) >= 11 is 3.37. The second-order valence-electron chi connectivity index (χ2n) is 5.02. The Kier molecular flexibility index (Phi) is 4.48. The quantitative estimate of drug-likeness (QED) is 0.295. The standard InChI is InChI=1S/C16H13N5OS2/c1(8-23-15-12-5-9-24-16(12)19-10-18-15)2-13-20-14(21-22-13)11-3-6-17-7-4-11/h3-7,9-10H,1-2,8H2. The summed E-state index contributed by atoms with van der Waals surface area (Å²) in [6.07, 6.45) is 6.76. The van der Waals surface area contributed by atoms with E-state index in [1.807, 2.05) is 17.5 Å². The van der Waals surface area contributed by atoms with Gasteiger partial charge in [-0.25, -0.2) is 9.97 Å². The van der Waals surface area contributed by atoms with Gasteiger partial charge in [0.1, 0.15) is 16.2 Å². The molecule has 0 saturated heterocycles. The second kappa shape index (κ2) is 7.06. The maximum atomic E-state index is 5.31. The molecule has 0 atom stereocenters. The molecule has 0 unspecified atom stereocenters. The van der Waals surface area contributed by atoms with Gasteiger partial charge in [0.25, 0.3) is 0 Å². The summed E-state index contributed by atoms with van der Waals surface area (Å²) in [5.74, 6) is 2.20. The Morgan fingerprint density at radius 2 is 2.04 bits per heavy atom. The molecule has 4 rings (SSSR count). The molecule has 0 aliphatic rings. The van der Waals surface area contributed by atoms with Crippen molar-refractivity contribution in [3.05, 3.63) is 48.2 Å². The van der Waals surface area contributed by atoms with Crippen molar-refractivity contribution in [2.45, 2.75) is 17.9 Å². The number of thiophene rings is 1. The monoisotopic (exact) mass is 355 g/mol. The van der Waals surface area contributed by atoms with Crippen molar-refractivity contribution in [3.8, 4) is 11.4 Å². The minimum absolute atomic E-state index is 0.607. The van der Waals surface area contributed by atoms with E-state index in [-0.39, 0.29) is 0 Å². The van der Waals surface area contributed by atoms with Gasteiger partial charge in [0, 0.05) is 35.5 Å². The summed E-state index contributed by atoms with van der Waals surface area (Å²) in [6, 6.07) is 5.80. The first kappa shape index (κ1) is 15.2. The molecule has 0 aromatic carbocycles. The molecule has 0 aliphatic carbocycles. The van der Waals surface area contributed by atoms with Gasteiger partial charge in [0.2, 0.25) is 11.7 Å². The van der Waals surface area contributed by atoms with Crippen molar-refractivity contribution < 1.29 is 4.52 Å². The number of hydrogen-bond donors (Lipinski definition) is 0. The third-order valence-electron chi connectivity index (χ3n) is 3.41. The molecule has 0 aliphatic heterocycles. The zero-order chi connectivity index (χ0) is 16.2. The number of hydrogen-bond acceptors (Lipinski definition) is 8. The first-order valence-corrected chi connectivity index (χ1v) is 9.30. The van der Waals surface area contributed by atoms with Crippen LogP contribution < -0.4 is 0 Å². The highest BCUT2D eigenvalue weighted by molar-refractivity contribution is 7.99. The van der Waals surface area contributed by atoms with E-state index in [1.165, 1.54) is 0 Å². The molecule has 6 nitrogen and oxygen atoms in total. The highest BCUT2D eigenvalue weighted by Crippen LogP contribution is 2.28. The molecule has 0 spiro atoms. The highest BCUT2D eigenvalue weighted by Gasteiger charge is 2.09. The van der Waals surface area contributed by atoms with Gasteiger partial charge in [-0.15, -0.1) is 23.1 Å². The Balaban J connectivity index is 1.33. The Labute approximate surface area is 146 Å². The Bertz CT molecular complexity index is 938. The van der Waals surface area contributed by atoms with Crippen LogP contribution >= 0.6 is 23.1 Å². The summed E-state index contributed by atoms with van der Waals surface area (Å²) in [4.78, 5) is 18.1. The Morgan fingerprint density at radius 3 is 2.96 bits per heavy atom. The molecule has 120 valence electrons. The zero-order valence-corrected chi connectivity index (χ0v) is 14.3. The van der Waals surface area contributed by atoms with E-state index in [4.69, 9.17) is 4.52 Å². The van der Waals surface area contributed by atoms with Crippen molar-refractivity contribution in [3.63, 3.8) is 0 Å². The van der Waals surface area contributed by atoms with E-state index in [0.29, 0.717) is 11.7 Å². The molecule has 0 radical (unpaired) electrons. The summed E-state index contributed by atoms with van der Waals surface area (Å²) < 4.78 is 5.31. The van der Waals surface area contributed by atoms with E-state index in [0.717, 1.165) is 39.4 Å². The lowest BCUT2D eigenvalue weighted by atomic mass is 10.2. The van der Waals surface area contributed by atoms with Gasteiger partial charge in [-0.1, -0.05) is 5.16 Å². The van der Waals surface area contributed by atoms with Gasteiger partial charge >= 0.3 is 0 Å². The molecule has 8 heteroatoms. The smallest absolute Gasteiger partial charge is 0.226 e. The SMILES string of the molecule is c1cc(-c2noc(CCCSc3ncnc4sccc34)n2)ccn1. The van der Waals surface area contributed by atoms with E-state index >= 15 is 0 Å². The zero-order valence-electron chi connectivity index (χ0n) is 12.6. The predicted molar refractivity (Wildman–Crippen MR) is 94.0 cm³/mol. The number of rotatable bonds is 6. The van der Waals surface area contributed by atoms with Crippen molar-refractivity contribution in [1.29, 1.82) is 0 Å². The fourth-order valence-corrected chi connectivity index (χ4v) is 3.97. The van der Waals surface area contributed by atoms with Crippen molar-refractivity contribution in [2.75, 3.05) is 5.75 Å². The third kappa shape index (κ3) is 3.29. The van der Waals surface area contributed by atoms with Crippen molar-refractivity contribution in [1.82, 2.24) is 25.1 Å². The summed E-state index contributed by atoms with van der Waals surface area (Å²) in [7, 11) is 0. The third-order valence-corrected chi connectivity index (χ3v) is 5.32. The average molecular weight is 355 g/mol. The fraction of sp³-hybridized carbons (Fsp3) is 0.188. The fourth-order valence-electron chi connectivity index (χ4n) is 2.25. The molecular formula is C16H13N5OS2. The molecule has 4 aromatic rings. The van der Waals surface area contributed by atoms with Gasteiger partial charge in [0.05, 0.1) is 0 Å². The maximum Gasteiger partial charge on any atom is 0.226 e. The molecular weight excluding hydrogens is 342 g/mol. The van der Waals surface area contributed by atoms with Gasteiger partial charge in [-0.05, 0) is 30.0 Å². The minimum Gasteiger partial charge on any atom is -0.339 e. The topological polar surface area (TPSA) is 77.6 Å². The van der Waals surface area contributed by atoms with Crippen LogP contribution in [-0.4, -0.2) is 30.8 Å². The largest absolute Gasteiger partial charge is 0.339 e. The van der Waals surface area contributed by atoms with Crippen molar-refractivity contribution >= 4 is 33.3 Å². The Hall–Kier alpha value is -2.32. The van der Waals surface area contributed by atoms with Crippen molar-refractivity contribution in [2.24, 2.45) is 0 Å². The van der Waals surface area contributed by atoms with E-state index in [2.05, 4.69) is 31.2 Å². The van der Waals surface area contributed by atoms with Gasteiger partial charge in [-0.3, -0.25) is 4.98 Å². The number of nitrogens with zero attached hydrogens (tertiary/aromatic N) is 5. The van der Waals surface area contributed by atoms with Crippen LogP contribution in [0.5, 0.6) is 0 Å².